The summed E-state index contributed by atoms with van der Waals surface area (Å²) in [5.41, 5.74) is 0.671. The number of hydrogen-bond acceptors (Lipinski definition) is 6. The van der Waals surface area contributed by atoms with E-state index in [1.165, 1.54) is 24.9 Å². The van der Waals surface area contributed by atoms with Crippen molar-refractivity contribution in [2.45, 2.75) is 12.5 Å². The number of carbonyl (C=O) groups excluding carboxylic acids is 1. The van der Waals surface area contributed by atoms with Crippen LogP contribution in [0.2, 0.25) is 0 Å². The van der Waals surface area contributed by atoms with Gasteiger partial charge in [-0.05, 0) is 6.07 Å². The van der Waals surface area contributed by atoms with Gasteiger partial charge in [0, 0.05) is 25.4 Å². The van der Waals surface area contributed by atoms with Crippen molar-refractivity contribution in [1.29, 1.82) is 5.26 Å². The van der Waals surface area contributed by atoms with Crippen LogP contribution in [-0.2, 0) is 0 Å². The van der Waals surface area contributed by atoms with Gasteiger partial charge in [-0.1, -0.05) is 0 Å². The summed E-state index contributed by atoms with van der Waals surface area (Å²) in [7, 11) is 0. The number of aromatic nitrogens is 2. The van der Waals surface area contributed by atoms with Crippen LogP contribution in [0.1, 0.15) is 22.5 Å². The molecule has 0 spiro atoms. The first-order chi connectivity index (χ1) is 10.3. The summed E-state index contributed by atoms with van der Waals surface area (Å²) in [6.45, 7) is 1.04. The molecule has 0 aliphatic carbocycles. The minimum Gasteiger partial charge on any atom is -0.472 e. The second-order valence-electron chi connectivity index (χ2n) is 4.61. The summed E-state index contributed by atoms with van der Waals surface area (Å²) in [5.74, 6) is 0.122. The normalized spacial score (nSPS) is 17.5. The molecule has 3 heterocycles. The van der Waals surface area contributed by atoms with E-state index in [2.05, 4.69) is 9.97 Å². The third kappa shape index (κ3) is 2.69. The summed E-state index contributed by atoms with van der Waals surface area (Å²) in [5, 5.41) is 8.95. The molecule has 2 aromatic rings. The molecule has 1 aliphatic heterocycles. The smallest absolute Gasteiger partial charge is 0.257 e. The maximum Gasteiger partial charge on any atom is 0.257 e. The molecular formula is C14H12N4O3. The van der Waals surface area contributed by atoms with Gasteiger partial charge in [-0.25, -0.2) is 9.97 Å². The molecule has 0 aromatic carbocycles. The number of nitriles is 1. The highest BCUT2D eigenvalue weighted by Crippen LogP contribution is 2.20. The van der Waals surface area contributed by atoms with Crippen molar-refractivity contribution in [3.05, 3.63) is 42.2 Å². The highest BCUT2D eigenvalue weighted by atomic mass is 16.5. The van der Waals surface area contributed by atoms with Gasteiger partial charge >= 0.3 is 0 Å². The average Bonchev–Trinajstić information content (AvgIpc) is 3.19. The van der Waals surface area contributed by atoms with E-state index >= 15 is 0 Å². The summed E-state index contributed by atoms with van der Waals surface area (Å²) in [6, 6.07) is 3.57. The van der Waals surface area contributed by atoms with E-state index in [0.717, 1.165) is 0 Å². The molecular weight excluding hydrogens is 272 g/mol. The van der Waals surface area contributed by atoms with Gasteiger partial charge in [0.05, 0.1) is 18.4 Å². The van der Waals surface area contributed by atoms with E-state index in [-0.39, 0.29) is 23.6 Å². The molecule has 1 aliphatic rings. The first-order valence-electron chi connectivity index (χ1n) is 6.47. The number of amides is 1. The Bertz CT molecular complexity index is 678. The molecule has 106 valence electrons. The summed E-state index contributed by atoms with van der Waals surface area (Å²) < 4.78 is 10.6. The van der Waals surface area contributed by atoms with E-state index < -0.39 is 0 Å². The van der Waals surface area contributed by atoms with Gasteiger partial charge in [0.1, 0.15) is 18.4 Å². The fourth-order valence-electron chi connectivity index (χ4n) is 2.22. The quantitative estimate of drug-likeness (QED) is 0.841. The lowest BCUT2D eigenvalue weighted by atomic mass is 10.3. The zero-order valence-electron chi connectivity index (χ0n) is 11.1. The number of ether oxygens (including phenoxy) is 1. The number of hydrogen-bond donors (Lipinski definition) is 0. The lowest BCUT2D eigenvalue weighted by molar-refractivity contribution is 0.0770. The van der Waals surface area contributed by atoms with Gasteiger partial charge in [-0.3, -0.25) is 4.79 Å². The number of likely N-dealkylation sites (tertiary alicyclic amines) is 1. The maximum absolute atomic E-state index is 12.2. The van der Waals surface area contributed by atoms with Gasteiger partial charge in [0.25, 0.3) is 11.8 Å². The van der Waals surface area contributed by atoms with Gasteiger partial charge in [-0.15, -0.1) is 0 Å². The molecule has 2 aromatic heterocycles. The zero-order chi connectivity index (χ0) is 14.7. The van der Waals surface area contributed by atoms with Crippen molar-refractivity contribution in [1.82, 2.24) is 14.9 Å². The topological polar surface area (TPSA) is 92.2 Å². The van der Waals surface area contributed by atoms with Crippen molar-refractivity contribution in [3.8, 4) is 11.9 Å². The van der Waals surface area contributed by atoms with Crippen LogP contribution in [0.25, 0.3) is 0 Å². The van der Waals surface area contributed by atoms with Gasteiger partial charge in [0.15, 0.2) is 0 Å². The molecule has 0 N–H and O–H groups in total. The Morgan fingerprint density at radius 2 is 2.33 bits per heavy atom. The van der Waals surface area contributed by atoms with Crippen LogP contribution in [0.15, 0.2) is 35.4 Å². The van der Waals surface area contributed by atoms with Crippen LogP contribution in [0.5, 0.6) is 5.88 Å². The highest BCUT2D eigenvalue weighted by Gasteiger charge is 2.29. The van der Waals surface area contributed by atoms with Gasteiger partial charge < -0.3 is 14.1 Å². The monoisotopic (exact) mass is 284 g/mol. The van der Waals surface area contributed by atoms with Crippen LogP contribution in [0.3, 0.4) is 0 Å². The van der Waals surface area contributed by atoms with E-state index in [1.54, 1.807) is 11.0 Å². The van der Waals surface area contributed by atoms with Crippen LogP contribution in [0, 0.1) is 11.3 Å². The molecule has 1 amide bonds. The summed E-state index contributed by atoms with van der Waals surface area (Å²) >= 11 is 0. The van der Waals surface area contributed by atoms with Crippen molar-refractivity contribution >= 4 is 5.91 Å². The second kappa shape index (κ2) is 5.63. The van der Waals surface area contributed by atoms with Crippen LogP contribution < -0.4 is 4.74 Å². The minimum absolute atomic E-state index is 0.0884. The fourth-order valence-corrected chi connectivity index (χ4v) is 2.22. The molecule has 0 unspecified atom stereocenters. The zero-order valence-corrected chi connectivity index (χ0v) is 11.1. The standard InChI is InChI=1S/C14H12N4O3/c15-7-12-13(17-4-3-16-12)21-11-1-5-18(8-11)14(19)10-2-6-20-9-10/h2-4,6,9,11H,1,5,8H2/t11-/m1/s1. The first-order valence-corrected chi connectivity index (χ1v) is 6.47. The van der Waals surface area contributed by atoms with Gasteiger partial charge in [0.2, 0.25) is 5.69 Å². The van der Waals surface area contributed by atoms with Crippen molar-refractivity contribution in [2.24, 2.45) is 0 Å². The Hall–Kier alpha value is -2.88. The average molecular weight is 284 g/mol. The fraction of sp³-hybridized carbons (Fsp3) is 0.286. The number of rotatable bonds is 3. The van der Waals surface area contributed by atoms with Crippen LogP contribution in [0.4, 0.5) is 0 Å². The van der Waals surface area contributed by atoms with E-state index in [1.807, 2.05) is 6.07 Å². The lowest BCUT2D eigenvalue weighted by Crippen LogP contribution is -2.30. The highest BCUT2D eigenvalue weighted by molar-refractivity contribution is 5.94. The molecule has 1 fully saturated rings. The maximum atomic E-state index is 12.2. The summed E-state index contributed by atoms with van der Waals surface area (Å²) in [4.78, 5) is 21.8. The Morgan fingerprint density at radius 1 is 1.48 bits per heavy atom. The summed E-state index contributed by atoms with van der Waals surface area (Å²) in [6.07, 6.45) is 6.30. The SMILES string of the molecule is N#Cc1nccnc1O[C@@H]1CCN(C(=O)c2ccoc2)C1. The number of furan rings is 1. The molecule has 3 rings (SSSR count). The van der Waals surface area contributed by atoms with Crippen molar-refractivity contribution in [2.75, 3.05) is 13.1 Å². The Morgan fingerprint density at radius 3 is 3.10 bits per heavy atom. The van der Waals surface area contributed by atoms with Crippen molar-refractivity contribution in [3.63, 3.8) is 0 Å². The number of carbonyl (C=O) groups is 1. The molecule has 1 atom stereocenters. The molecule has 1 saturated heterocycles. The Kier molecular flexibility index (Phi) is 3.51. The molecule has 21 heavy (non-hydrogen) atoms. The van der Waals surface area contributed by atoms with Crippen LogP contribution >= 0.6 is 0 Å². The minimum atomic E-state index is -0.190. The van der Waals surface area contributed by atoms with E-state index in [9.17, 15) is 4.79 Å². The second-order valence-corrected chi connectivity index (χ2v) is 4.61. The third-order valence-electron chi connectivity index (χ3n) is 3.25. The van der Waals surface area contributed by atoms with E-state index in [4.69, 9.17) is 14.4 Å². The molecule has 7 nitrogen and oxygen atoms in total. The van der Waals surface area contributed by atoms with Gasteiger partial charge in [-0.2, -0.15) is 5.26 Å². The van der Waals surface area contributed by atoms with E-state index in [0.29, 0.717) is 25.1 Å². The van der Waals surface area contributed by atoms with Crippen LogP contribution in [-0.4, -0.2) is 40.0 Å². The number of nitrogens with zero attached hydrogens (tertiary/aromatic N) is 4. The largest absolute Gasteiger partial charge is 0.472 e. The Balaban J connectivity index is 1.65. The first kappa shape index (κ1) is 13.1. The molecule has 0 bridgehead atoms. The Labute approximate surface area is 120 Å². The predicted molar refractivity (Wildman–Crippen MR) is 70.4 cm³/mol. The predicted octanol–water partition coefficient (Wildman–Crippen LogP) is 1.23. The third-order valence-corrected chi connectivity index (χ3v) is 3.25. The molecule has 0 saturated carbocycles. The molecule has 7 heteroatoms. The lowest BCUT2D eigenvalue weighted by Gasteiger charge is -2.16. The molecule has 0 radical (unpaired) electrons. The van der Waals surface area contributed by atoms with Crippen molar-refractivity contribution < 1.29 is 13.9 Å².